The maximum absolute atomic E-state index is 13.0. The fourth-order valence-electron chi connectivity index (χ4n) is 3.93. The molecule has 1 fully saturated rings. The van der Waals surface area contributed by atoms with Gasteiger partial charge in [0, 0.05) is 42.0 Å². The molecule has 2 aliphatic rings. The zero-order chi connectivity index (χ0) is 24.1. The first-order valence-corrected chi connectivity index (χ1v) is 11.2. The summed E-state index contributed by atoms with van der Waals surface area (Å²) < 4.78 is 15.6. The van der Waals surface area contributed by atoms with Crippen LogP contribution in [-0.4, -0.2) is 60.4 Å². The third-order valence-electron chi connectivity index (χ3n) is 5.77. The van der Waals surface area contributed by atoms with Crippen molar-refractivity contribution in [2.45, 2.75) is 32.4 Å². The Morgan fingerprint density at radius 1 is 1.06 bits per heavy atom. The number of piperidine rings is 1. The summed E-state index contributed by atoms with van der Waals surface area (Å²) in [6.45, 7) is 2.83. The first kappa shape index (κ1) is 23.4. The Morgan fingerprint density at radius 3 is 2.56 bits per heavy atom. The molecule has 2 aromatic carbocycles. The summed E-state index contributed by atoms with van der Waals surface area (Å²) in [4.78, 5) is 39.3. The van der Waals surface area contributed by atoms with Crippen molar-refractivity contribution in [2.24, 2.45) is 0 Å². The van der Waals surface area contributed by atoms with Crippen molar-refractivity contribution in [3.05, 3.63) is 53.1 Å². The van der Waals surface area contributed by atoms with Gasteiger partial charge in [0.1, 0.15) is 0 Å². The second-order valence-corrected chi connectivity index (χ2v) is 7.99. The van der Waals surface area contributed by atoms with E-state index < -0.39 is 5.91 Å². The molecule has 10 nitrogen and oxygen atoms in total. The van der Waals surface area contributed by atoms with Crippen molar-refractivity contribution in [3.8, 4) is 11.5 Å². The summed E-state index contributed by atoms with van der Waals surface area (Å²) in [5.74, 6) is 0.372. The molecular formula is C24H27N3O7. The van der Waals surface area contributed by atoms with Crippen LogP contribution < -0.4 is 20.1 Å². The summed E-state index contributed by atoms with van der Waals surface area (Å²) in [5, 5.41) is 15.4. The van der Waals surface area contributed by atoms with Crippen LogP contribution in [0, 0.1) is 0 Å². The predicted molar refractivity (Wildman–Crippen MR) is 122 cm³/mol. The van der Waals surface area contributed by atoms with E-state index >= 15 is 0 Å². The molecule has 0 aliphatic carbocycles. The third-order valence-corrected chi connectivity index (χ3v) is 5.77. The number of ether oxygens (including phenoxy) is 3. The topological polar surface area (TPSA) is 126 Å². The van der Waals surface area contributed by atoms with Gasteiger partial charge in [0.2, 0.25) is 6.79 Å². The fourth-order valence-corrected chi connectivity index (χ4v) is 3.93. The lowest BCUT2D eigenvalue weighted by Crippen LogP contribution is -2.46. The van der Waals surface area contributed by atoms with Crippen molar-refractivity contribution in [1.29, 1.82) is 0 Å². The summed E-state index contributed by atoms with van der Waals surface area (Å²) in [5.41, 5.74) is 1.45. The number of carbonyl (C=O) groups is 3. The van der Waals surface area contributed by atoms with E-state index in [1.54, 1.807) is 42.2 Å². The van der Waals surface area contributed by atoms with E-state index in [4.69, 9.17) is 14.2 Å². The minimum Gasteiger partial charge on any atom is -0.454 e. The number of aliphatic hydroxyl groups excluding tert-OH is 1. The largest absolute Gasteiger partial charge is 0.454 e. The van der Waals surface area contributed by atoms with Crippen LogP contribution in [0.1, 0.15) is 46.0 Å². The summed E-state index contributed by atoms with van der Waals surface area (Å²) in [6, 6.07) is 9.53. The van der Waals surface area contributed by atoms with E-state index in [1.165, 1.54) is 6.07 Å². The van der Waals surface area contributed by atoms with E-state index in [-0.39, 0.29) is 42.6 Å². The van der Waals surface area contributed by atoms with Gasteiger partial charge in [-0.05, 0) is 49.6 Å². The van der Waals surface area contributed by atoms with Gasteiger partial charge in [-0.3, -0.25) is 9.59 Å². The SMILES string of the molecule is CCOC(=O)N1CCC(NC(=O)c2cc(C(=O)Nc3ccc4c(c3)OCO4)ccc2CO)CC1. The molecular weight excluding hydrogens is 442 g/mol. The van der Waals surface area contributed by atoms with Gasteiger partial charge < -0.3 is 34.9 Å². The number of anilines is 1. The van der Waals surface area contributed by atoms with Gasteiger partial charge >= 0.3 is 6.09 Å². The van der Waals surface area contributed by atoms with Crippen molar-refractivity contribution in [1.82, 2.24) is 10.2 Å². The Morgan fingerprint density at radius 2 is 1.82 bits per heavy atom. The van der Waals surface area contributed by atoms with Gasteiger partial charge in [-0.2, -0.15) is 0 Å². The number of fused-ring (bicyclic) bond motifs is 1. The molecule has 10 heteroatoms. The first-order valence-electron chi connectivity index (χ1n) is 11.2. The number of hydrogen-bond donors (Lipinski definition) is 3. The van der Waals surface area contributed by atoms with Crippen molar-refractivity contribution >= 4 is 23.6 Å². The summed E-state index contributed by atoms with van der Waals surface area (Å²) in [7, 11) is 0. The van der Waals surface area contributed by atoms with Crippen LogP contribution in [0.4, 0.5) is 10.5 Å². The van der Waals surface area contributed by atoms with Crippen LogP contribution >= 0.6 is 0 Å². The smallest absolute Gasteiger partial charge is 0.409 e. The number of aliphatic hydroxyl groups is 1. The number of rotatable bonds is 6. The zero-order valence-corrected chi connectivity index (χ0v) is 18.8. The molecule has 0 saturated carbocycles. The fraction of sp³-hybridized carbons (Fsp3) is 0.375. The van der Waals surface area contributed by atoms with Crippen LogP contribution in [-0.2, 0) is 11.3 Å². The van der Waals surface area contributed by atoms with Gasteiger partial charge in [-0.25, -0.2) is 4.79 Å². The molecule has 2 aromatic rings. The maximum Gasteiger partial charge on any atom is 0.409 e. The van der Waals surface area contributed by atoms with Crippen molar-refractivity contribution in [2.75, 3.05) is 31.8 Å². The van der Waals surface area contributed by atoms with Gasteiger partial charge in [0.25, 0.3) is 11.8 Å². The molecule has 0 atom stereocenters. The molecule has 0 radical (unpaired) electrons. The number of carbonyl (C=O) groups excluding carboxylic acids is 3. The van der Waals surface area contributed by atoms with Gasteiger partial charge in [-0.15, -0.1) is 0 Å². The van der Waals surface area contributed by atoms with Crippen LogP contribution in [0.2, 0.25) is 0 Å². The molecule has 0 bridgehead atoms. The molecule has 34 heavy (non-hydrogen) atoms. The highest BCUT2D eigenvalue weighted by Crippen LogP contribution is 2.34. The summed E-state index contributed by atoms with van der Waals surface area (Å²) >= 11 is 0. The molecule has 0 unspecified atom stereocenters. The van der Waals surface area contributed by atoms with E-state index in [2.05, 4.69) is 10.6 Å². The van der Waals surface area contributed by atoms with E-state index in [1.807, 2.05) is 0 Å². The van der Waals surface area contributed by atoms with Crippen LogP contribution in [0.15, 0.2) is 36.4 Å². The average molecular weight is 469 g/mol. The Labute approximate surface area is 196 Å². The minimum atomic E-state index is -0.403. The Kier molecular flexibility index (Phi) is 7.17. The monoisotopic (exact) mass is 469 g/mol. The number of amides is 3. The van der Waals surface area contributed by atoms with Crippen LogP contribution in [0.25, 0.3) is 0 Å². The highest BCUT2D eigenvalue weighted by molar-refractivity contribution is 6.06. The normalized spacial score (nSPS) is 15.1. The van der Waals surface area contributed by atoms with Gasteiger partial charge in [-0.1, -0.05) is 6.07 Å². The van der Waals surface area contributed by atoms with E-state index in [0.717, 1.165) is 0 Å². The number of likely N-dealkylation sites (tertiary alicyclic amines) is 1. The standard InChI is InChI=1S/C24H27N3O7/c1-2-32-24(31)27-9-7-17(8-10-27)25-23(30)19-11-15(3-4-16(19)13-28)22(29)26-18-5-6-20-21(12-18)34-14-33-20/h3-6,11-12,17,28H,2,7-10,13-14H2,1H3,(H,25,30)(H,26,29). The maximum atomic E-state index is 13.0. The highest BCUT2D eigenvalue weighted by atomic mass is 16.7. The van der Waals surface area contributed by atoms with Crippen LogP contribution in [0.5, 0.6) is 11.5 Å². The lowest BCUT2D eigenvalue weighted by molar-refractivity contribution is 0.0857. The lowest BCUT2D eigenvalue weighted by atomic mass is 10.0. The molecule has 180 valence electrons. The Balaban J connectivity index is 1.41. The lowest BCUT2D eigenvalue weighted by Gasteiger charge is -2.31. The van der Waals surface area contributed by atoms with E-state index in [0.29, 0.717) is 55.3 Å². The van der Waals surface area contributed by atoms with E-state index in [9.17, 15) is 19.5 Å². The zero-order valence-electron chi connectivity index (χ0n) is 18.8. The third kappa shape index (κ3) is 5.23. The second-order valence-electron chi connectivity index (χ2n) is 7.99. The van der Waals surface area contributed by atoms with Crippen molar-refractivity contribution in [3.63, 3.8) is 0 Å². The molecule has 0 aromatic heterocycles. The number of nitrogens with one attached hydrogen (secondary N) is 2. The van der Waals surface area contributed by atoms with Crippen LogP contribution in [0.3, 0.4) is 0 Å². The van der Waals surface area contributed by atoms with Gasteiger partial charge in [0.05, 0.1) is 13.2 Å². The molecule has 4 rings (SSSR count). The highest BCUT2D eigenvalue weighted by Gasteiger charge is 2.26. The molecule has 2 aliphatic heterocycles. The van der Waals surface area contributed by atoms with Crippen molar-refractivity contribution < 1.29 is 33.7 Å². The molecule has 0 spiro atoms. The number of benzene rings is 2. The molecule has 1 saturated heterocycles. The minimum absolute atomic E-state index is 0.129. The molecule has 2 heterocycles. The van der Waals surface area contributed by atoms with Gasteiger partial charge in [0.15, 0.2) is 11.5 Å². The molecule has 3 N–H and O–H groups in total. The first-order chi connectivity index (χ1) is 16.5. The Bertz CT molecular complexity index is 1080. The number of nitrogens with zero attached hydrogens (tertiary/aromatic N) is 1. The number of hydrogen-bond acceptors (Lipinski definition) is 7. The molecule has 3 amide bonds. The quantitative estimate of drug-likeness (QED) is 0.593. The Hall–Kier alpha value is -3.79. The predicted octanol–water partition coefficient (Wildman–Crippen LogP) is 2.51. The second kappa shape index (κ2) is 10.4. The summed E-state index contributed by atoms with van der Waals surface area (Å²) in [6.07, 6.45) is 0.822. The average Bonchev–Trinajstić information content (AvgIpc) is 3.32.